The zero-order valence-electron chi connectivity index (χ0n) is 27.1. The fraction of sp³-hybridized carbons (Fsp3) is 0.400. The molecule has 0 saturated heterocycles. The van der Waals surface area contributed by atoms with Crippen molar-refractivity contribution >= 4 is 33.4 Å². The van der Waals surface area contributed by atoms with Crippen LogP contribution in [0.25, 0.3) is 0 Å². The molecule has 3 rings (SSSR count). The summed E-state index contributed by atoms with van der Waals surface area (Å²) in [4.78, 5) is 38.8. The molecule has 46 heavy (non-hydrogen) atoms. The Morgan fingerprint density at radius 3 is 2.00 bits per heavy atom. The molecular formula is C35H46N4O6S. The van der Waals surface area contributed by atoms with E-state index in [2.05, 4.69) is 16.0 Å². The highest BCUT2D eigenvalue weighted by Crippen LogP contribution is 2.22. The van der Waals surface area contributed by atoms with Crippen molar-refractivity contribution in [3.05, 3.63) is 102 Å². The van der Waals surface area contributed by atoms with Gasteiger partial charge in [-0.15, -0.1) is 0 Å². The van der Waals surface area contributed by atoms with Crippen LogP contribution in [0.15, 0.2) is 84.9 Å². The molecule has 3 aromatic carbocycles. The fourth-order valence-corrected chi connectivity index (χ4v) is 6.19. The number of sulfonamides is 1. The number of amides is 3. The van der Waals surface area contributed by atoms with Crippen molar-refractivity contribution in [2.75, 3.05) is 11.4 Å². The maximum absolute atomic E-state index is 13.3. The molecule has 11 heteroatoms. The van der Waals surface area contributed by atoms with E-state index in [0.29, 0.717) is 24.2 Å². The van der Waals surface area contributed by atoms with E-state index in [1.165, 1.54) is 13.1 Å². The summed E-state index contributed by atoms with van der Waals surface area (Å²) in [6.45, 7) is 7.53. The SMILES string of the molecule is CC(C)C[C@H](NC(=O)c1cccc(N(C)S(=O)(=O)Cc2ccccc2)c1)[C@@H](O)C[C@@H](C)C(=O)N[C@H](C)C(=O)NCc1ccccc1. The highest BCUT2D eigenvalue weighted by Gasteiger charge is 2.28. The van der Waals surface area contributed by atoms with Gasteiger partial charge in [0.05, 0.1) is 23.6 Å². The first kappa shape index (κ1) is 36.3. The smallest absolute Gasteiger partial charge is 0.251 e. The molecule has 248 valence electrons. The number of carbonyl (C=O) groups excluding carboxylic acids is 3. The highest BCUT2D eigenvalue weighted by molar-refractivity contribution is 7.92. The summed E-state index contributed by atoms with van der Waals surface area (Å²) >= 11 is 0. The molecule has 0 aliphatic carbocycles. The average molecular weight is 651 g/mol. The zero-order chi connectivity index (χ0) is 33.9. The zero-order valence-corrected chi connectivity index (χ0v) is 28.0. The van der Waals surface area contributed by atoms with E-state index in [-0.39, 0.29) is 35.5 Å². The third-order valence-corrected chi connectivity index (χ3v) is 9.44. The Balaban J connectivity index is 1.61. The largest absolute Gasteiger partial charge is 0.391 e. The number of hydrogen-bond donors (Lipinski definition) is 4. The van der Waals surface area contributed by atoms with Crippen molar-refractivity contribution in [3.8, 4) is 0 Å². The lowest BCUT2D eigenvalue weighted by molar-refractivity contribution is -0.131. The van der Waals surface area contributed by atoms with Crippen LogP contribution >= 0.6 is 0 Å². The van der Waals surface area contributed by atoms with E-state index in [1.54, 1.807) is 56.3 Å². The molecule has 0 aliphatic heterocycles. The van der Waals surface area contributed by atoms with Crippen molar-refractivity contribution in [2.24, 2.45) is 11.8 Å². The molecule has 0 aliphatic rings. The van der Waals surface area contributed by atoms with Crippen LogP contribution in [0.2, 0.25) is 0 Å². The Morgan fingerprint density at radius 1 is 0.783 bits per heavy atom. The van der Waals surface area contributed by atoms with Gasteiger partial charge in [-0.25, -0.2) is 8.42 Å². The second-order valence-corrected chi connectivity index (χ2v) is 14.1. The summed E-state index contributed by atoms with van der Waals surface area (Å²) in [6.07, 6.45) is -0.543. The molecule has 10 nitrogen and oxygen atoms in total. The van der Waals surface area contributed by atoms with Crippen LogP contribution in [0.4, 0.5) is 5.69 Å². The molecule has 0 aromatic heterocycles. The van der Waals surface area contributed by atoms with Gasteiger partial charge < -0.3 is 21.1 Å². The van der Waals surface area contributed by atoms with Crippen LogP contribution in [0, 0.1) is 11.8 Å². The summed E-state index contributed by atoms with van der Waals surface area (Å²) in [5.41, 5.74) is 2.16. The quantitative estimate of drug-likeness (QED) is 0.185. The van der Waals surface area contributed by atoms with Crippen LogP contribution in [-0.2, 0) is 31.9 Å². The Hall–Kier alpha value is -4.22. The molecule has 4 atom stereocenters. The molecule has 0 saturated carbocycles. The lowest BCUT2D eigenvalue weighted by atomic mass is 9.92. The van der Waals surface area contributed by atoms with Gasteiger partial charge in [-0.05, 0) is 55.0 Å². The minimum Gasteiger partial charge on any atom is -0.391 e. The summed E-state index contributed by atoms with van der Waals surface area (Å²) in [6, 6.07) is 23.1. The van der Waals surface area contributed by atoms with Gasteiger partial charge in [-0.1, -0.05) is 87.5 Å². The van der Waals surface area contributed by atoms with Gasteiger partial charge in [0.15, 0.2) is 0 Å². The van der Waals surface area contributed by atoms with Gasteiger partial charge in [0.25, 0.3) is 5.91 Å². The first-order chi connectivity index (χ1) is 21.8. The molecule has 0 bridgehead atoms. The van der Waals surface area contributed by atoms with E-state index >= 15 is 0 Å². The van der Waals surface area contributed by atoms with Gasteiger partial charge >= 0.3 is 0 Å². The van der Waals surface area contributed by atoms with Gasteiger partial charge in [0, 0.05) is 25.1 Å². The van der Waals surface area contributed by atoms with Crippen molar-refractivity contribution in [3.63, 3.8) is 0 Å². The van der Waals surface area contributed by atoms with E-state index in [0.717, 1.165) is 9.87 Å². The van der Waals surface area contributed by atoms with Crippen molar-refractivity contribution in [1.82, 2.24) is 16.0 Å². The first-order valence-electron chi connectivity index (χ1n) is 15.5. The van der Waals surface area contributed by atoms with E-state index in [4.69, 9.17) is 0 Å². The lowest BCUT2D eigenvalue weighted by Gasteiger charge is -2.28. The minimum absolute atomic E-state index is 0.0579. The molecule has 0 unspecified atom stereocenters. The van der Waals surface area contributed by atoms with E-state index < -0.39 is 40.0 Å². The average Bonchev–Trinajstić information content (AvgIpc) is 3.03. The minimum atomic E-state index is -3.71. The number of anilines is 1. The summed E-state index contributed by atoms with van der Waals surface area (Å²) in [5.74, 6) is -1.89. The van der Waals surface area contributed by atoms with E-state index in [9.17, 15) is 27.9 Å². The van der Waals surface area contributed by atoms with Gasteiger partial charge in [0.2, 0.25) is 21.8 Å². The van der Waals surface area contributed by atoms with Crippen molar-refractivity contribution < 1.29 is 27.9 Å². The van der Waals surface area contributed by atoms with Crippen LogP contribution in [-0.4, -0.2) is 56.5 Å². The molecule has 0 spiro atoms. The number of aliphatic hydroxyl groups excluding tert-OH is 1. The number of aliphatic hydroxyl groups is 1. The lowest BCUT2D eigenvalue weighted by Crippen LogP contribution is -2.48. The molecular weight excluding hydrogens is 604 g/mol. The van der Waals surface area contributed by atoms with Gasteiger partial charge in [-0.3, -0.25) is 18.7 Å². The fourth-order valence-electron chi connectivity index (χ4n) is 4.95. The number of nitrogens with one attached hydrogen (secondary N) is 3. The van der Waals surface area contributed by atoms with Crippen molar-refractivity contribution in [2.45, 2.75) is 71.0 Å². The number of rotatable bonds is 16. The number of hydrogen-bond acceptors (Lipinski definition) is 6. The summed E-state index contributed by atoms with van der Waals surface area (Å²) in [7, 11) is -2.27. The molecule has 0 radical (unpaired) electrons. The molecule has 0 fully saturated rings. The molecule has 3 amide bonds. The number of benzene rings is 3. The normalized spacial score (nSPS) is 14.1. The maximum atomic E-state index is 13.3. The number of carbonyl (C=O) groups is 3. The number of nitrogens with zero attached hydrogens (tertiary/aromatic N) is 1. The monoisotopic (exact) mass is 650 g/mol. The predicted molar refractivity (Wildman–Crippen MR) is 180 cm³/mol. The maximum Gasteiger partial charge on any atom is 0.251 e. The van der Waals surface area contributed by atoms with Crippen LogP contribution < -0.4 is 20.3 Å². The van der Waals surface area contributed by atoms with Gasteiger partial charge in [0.1, 0.15) is 6.04 Å². The first-order valence-corrected chi connectivity index (χ1v) is 17.1. The highest BCUT2D eigenvalue weighted by atomic mass is 32.2. The molecule has 3 aromatic rings. The van der Waals surface area contributed by atoms with Gasteiger partial charge in [-0.2, -0.15) is 0 Å². The van der Waals surface area contributed by atoms with Crippen molar-refractivity contribution in [1.29, 1.82) is 0 Å². The predicted octanol–water partition coefficient (Wildman–Crippen LogP) is 4.01. The third-order valence-electron chi connectivity index (χ3n) is 7.69. The standard InChI is InChI=1S/C35H46N4O6S/c1-24(2)19-31(32(40)20-25(3)33(41)37-26(4)34(42)36-22-27-13-8-6-9-14-27)38-35(43)29-17-12-18-30(21-29)39(5)46(44,45)23-28-15-10-7-11-16-28/h6-18,21,24-26,31-32,40H,19-20,22-23H2,1-5H3,(H,36,42)(H,37,41)(H,38,43)/t25-,26-,31+,32+/m1/s1. The topological polar surface area (TPSA) is 145 Å². The Labute approximate surface area is 272 Å². The molecule has 4 N–H and O–H groups in total. The Kier molecular flexibility index (Phi) is 13.3. The summed E-state index contributed by atoms with van der Waals surface area (Å²) < 4.78 is 27.3. The van der Waals surface area contributed by atoms with Crippen LogP contribution in [0.5, 0.6) is 0 Å². The van der Waals surface area contributed by atoms with Crippen LogP contribution in [0.1, 0.15) is 62.0 Å². The Bertz CT molecular complexity index is 1550. The third kappa shape index (κ3) is 11.0. The van der Waals surface area contributed by atoms with Crippen LogP contribution in [0.3, 0.4) is 0 Å². The second kappa shape index (κ2) is 16.9. The second-order valence-electron chi connectivity index (χ2n) is 12.1. The summed E-state index contributed by atoms with van der Waals surface area (Å²) in [5, 5.41) is 19.6. The molecule has 0 heterocycles. The Morgan fingerprint density at radius 2 is 1.39 bits per heavy atom. The van der Waals surface area contributed by atoms with E-state index in [1.807, 2.05) is 50.2 Å².